The summed E-state index contributed by atoms with van der Waals surface area (Å²) in [4.78, 5) is 18.4. The molecule has 158 valence electrons. The first-order valence-electron chi connectivity index (χ1n) is 8.79. The molecule has 2 aromatic rings. The zero-order chi connectivity index (χ0) is 21.9. The molecule has 0 aromatic heterocycles. The van der Waals surface area contributed by atoms with E-state index in [1.54, 1.807) is 25.1 Å². The Morgan fingerprint density at radius 3 is 2.47 bits per heavy atom. The van der Waals surface area contributed by atoms with Crippen LogP contribution in [-0.2, 0) is 6.18 Å². The lowest BCUT2D eigenvalue weighted by Gasteiger charge is -2.29. The Hall–Kier alpha value is -3.56. The molecule has 1 aliphatic rings. The first-order valence-corrected chi connectivity index (χ1v) is 8.79. The van der Waals surface area contributed by atoms with E-state index in [1.807, 2.05) is 0 Å². The number of ether oxygens (including phenoxy) is 1. The number of nitrogens with zero attached hydrogens (tertiary/aromatic N) is 3. The van der Waals surface area contributed by atoms with Gasteiger partial charge in [-0.1, -0.05) is 6.07 Å². The van der Waals surface area contributed by atoms with E-state index in [0.29, 0.717) is 5.82 Å². The summed E-state index contributed by atoms with van der Waals surface area (Å²) in [5.41, 5.74) is 1.83. The van der Waals surface area contributed by atoms with E-state index in [1.165, 1.54) is 23.2 Å². The van der Waals surface area contributed by atoms with Crippen LogP contribution in [0.3, 0.4) is 0 Å². The Morgan fingerprint density at radius 2 is 1.87 bits per heavy atom. The second-order valence-corrected chi connectivity index (χ2v) is 6.54. The van der Waals surface area contributed by atoms with E-state index in [2.05, 4.69) is 10.4 Å². The van der Waals surface area contributed by atoms with Crippen LogP contribution in [0.25, 0.3) is 0 Å². The third-order valence-corrected chi connectivity index (χ3v) is 4.07. The highest BCUT2D eigenvalue weighted by atomic mass is 19.4. The monoisotopic (exact) mass is 422 g/mol. The van der Waals surface area contributed by atoms with Crippen LogP contribution in [-0.4, -0.2) is 42.5 Å². The van der Waals surface area contributed by atoms with Crippen LogP contribution in [0, 0.1) is 5.82 Å². The molecule has 0 saturated heterocycles. The van der Waals surface area contributed by atoms with E-state index in [0.717, 1.165) is 30.3 Å². The van der Waals surface area contributed by atoms with Gasteiger partial charge in [-0.15, -0.1) is 0 Å². The van der Waals surface area contributed by atoms with Gasteiger partial charge in [0.25, 0.3) is 5.91 Å². The minimum absolute atomic E-state index is 0.0503. The summed E-state index contributed by atoms with van der Waals surface area (Å²) in [5, 5.41) is 1.28. The van der Waals surface area contributed by atoms with E-state index in [4.69, 9.17) is 4.74 Å². The number of halogens is 4. The minimum Gasteiger partial charge on any atom is -0.425 e. The summed E-state index contributed by atoms with van der Waals surface area (Å²) in [6.45, 7) is 0.175. The summed E-state index contributed by atoms with van der Waals surface area (Å²) in [6, 6.07) is 9.17. The molecule has 1 amide bonds. The fourth-order valence-corrected chi connectivity index (χ4v) is 2.54. The maximum Gasteiger partial charge on any atom is 0.416 e. The predicted molar refractivity (Wildman–Crippen MR) is 102 cm³/mol. The molecular weight excluding hydrogens is 404 g/mol. The Bertz CT molecular complexity index is 985. The number of benzene rings is 2. The number of rotatable bonds is 4. The quantitative estimate of drug-likeness (QED) is 0.765. The number of alkyl halides is 3. The number of carbonyl (C=O) groups is 1. The van der Waals surface area contributed by atoms with Gasteiger partial charge >= 0.3 is 12.2 Å². The summed E-state index contributed by atoms with van der Waals surface area (Å²) < 4.78 is 57.3. The zero-order valence-electron chi connectivity index (χ0n) is 16.1. The van der Waals surface area contributed by atoms with E-state index >= 15 is 0 Å². The van der Waals surface area contributed by atoms with Crippen molar-refractivity contribution in [2.45, 2.75) is 6.18 Å². The number of nitrogens with one attached hydrogen (secondary N) is 1. The number of carbonyl (C=O) groups excluding carboxylic acids is 1. The van der Waals surface area contributed by atoms with Crippen LogP contribution < -0.4 is 10.2 Å². The van der Waals surface area contributed by atoms with Gasteiger partial charge in [0.1, 0.15) is 17.4 Å². The molecule has 0 unspecified atom stereocenters. The topological polar surface area (TPSA) is 57.2 Å². The van der Waals surface area contributed by atoms with Crippen molar-refractivity contribution in [1.82, 2.24) is 15.3 Å². The number of hydrazine groups is 1. The summed E-state index contributed by atoms with van der Waals surface area (Å²) >= 11 is 0. The van der Waals surface area contributed by atoms with E-state index in [-0.39, 0.29) is 23.9 Å². The van der Waals surface area contributed by atoms with Crippen molar-refractivity contribution >= 4 is 11.9 Å². The van der Waals surface area contributed by atoms with Crippen molar-refractivity contribution in [1.29, 1.82) is 0 Å². The smallest absolute Gasteiger partial charge is 0.416 e. The van der Waals surface area contributed by atoms with Crippen molar-refractivity contribution in [3.8, 4) is 5.75 Å². The van der Waals surface area contributed by atoms with Crippen molar-refractivity contribution in [2.75, 3.05) is 20.6 Å². The van der Waals surface area contributed by atoms with Gasteiger partial charge in [0.05, 0.1) is 12.1 Å². The standard InChI is InChI=1S/C20H18F4N4O2/c1-27(2)17-10-11-28(26-18(29)13-4-3-5-15(21)12-13)19(25-17)30-16-8-6-14(7-9-16)20(22,23)24/h3-10,12H,11H2,1-2H3,(H,26,29). The molecule has 3 rings (SSSR count). The molecule has 1 aliphatic heterocycles. The molecule has 2 aromatic carbocycles. The van der Waals surface area contributed by atoms with Gasteiger partial charge < -0.3 is 9.64 Å². The van der Waals surface area contributed by atoms with Crippen molar-refractivity contribution in [2.24, 2.45) is 4.99 Å². The average Bonchev–Trinajstić information content (AvgIpc) is 2.69. The zero-order valence-corrected chi connectivity index (χ0v) is 16.1. The highest BCUT2D eigenvalue weighted by Crippen LogP contribution is 2.30. The van der Waals surface area contributed by atoms with E-state index in [9.17, 15) is 22.4 Å². The molecule has 0 fully saturated rings. The molecule has 30 heavy (non-hydrogen) atoms. The number of amides is 1. The molecule has 0 radical (unpaired) electrons. The summed E-state index contributed by atoms with van der Waals surface area (Å²) in [5.74, 6) is -0.522. The van der Waals surface area contributed by atoms with Gasteiger partial charge in [0, 0.05) is 19.7 Å². The molecule has 0 aliphatic carbocycles. The first kappa shape index (κ1) is 21.2. The predicted octanol–water partition coefficient (Wildman–Crippen LogP) is 3.64. The van der Waals surface area contributed by atoms with Gasteiger partial charge in [-0.05, 0) is 48.5 Å². The van der Waals surface area contributed by atoms with Crippen LogP contribution in [0.2, 0.25) is 0 Å². The molecule has 1 N–H and O–H groups in total. The maximum atomic E-state index is 13.4. The van der Waals surface area contributed by atoms with Crippen LogP contribution >= 0.6 is 0 Å². The van der Waals surface area contributed by atoms with E-state index < -0.39 is 23.5 Å². The largest absolute Gasteiger partial charge is 0.425 e. The van der Waals surface area contributed by atoms with Crippen LogP contribution in [0.5, 0.6) is 5.75 Å². The van der Waals surface area contributed by atoms with Gasteiger partial charge in [0.2, 0.25) is 0 Å². The highest BCUT2D eigenvalue weighted by Gasteiger charge is 2.30. The van der Waals surface area contributed by atoms with Crippen molar-refractivity contribution < 1.29 is 27.1 Å². The molecule has 0 saturated carbocycles. The average molecular weight is 422 g/mol. The fourth-order valence-electron chi connectivity index (χ4n) is 2.54. The Kier molecular flexibility index (Phi) is 5.95. The van der Waals surface area contributed by atoms with Gasteiger partial charge in [-0.3, -0.25) is 10.2 Å². The molecule has 1 heterocycles. The Morgan fingerprint density at radius 1 is 1.17 bits per heavy atom. The Labute approximate surface area is 170 Å². The highest BCUT2D eigenvalue weighted by molar-refractivity contribution is 5.95. The normalized spacial score (nSPS) is 14.0. The number of amidine groups is 1. The van der Waals surface area contributed by atoms with Crippen molar-refractivity contribution in [3.63, 3.8) is 0 Å². The SMILES string of the molecule is CN(C)C1=CCN(NC(=O)c2cccc(F)c2)C(Oc2ccc(C(F)(F)F)cc2)=N1. The van der Waals surface area contributed by atoms with Gasteiger partial charge in [0.15, 0.2) is 0 Å². The molecular formula is C20H18F4N4O2. The molecule has 0 spiro atoms. The minimum atomic E-state index is -4.47. The number of aliphatic imine (C=N–C) groups is 1. The Balaban J connectivity index is 1.81. The molecule has 0 atom stereocenters. The fraction of sp³-hybridized carbons (Fsp3) is 0.200. The molecule has 6 nitrogen and oxygen atoms in total. The van der Waals surface area contributed by atoms with Gasteiger partial charge in [-0.25, -0.2) is 9.40 Å². The van der Waals surface area contributed by atoms with Gasteiger partial charge in [-0.2, -0.15) is 18.2 Å². The number of hydrogen-bond acceptors (Lipinski definition) is 5. The third-order valence-electron chi connectivity index (χ3n) is 4.07. The third kappa shape index (κ3) is 5.07. The lowest BCUT2D eigenvalue weighted by molar-refractivity contribution is -0.137. The number of hydrogen-bond donors (Lipinski definition) is 1. The summed E-state index contributed by atoms with van der Waals surface area (Å²) in [7, 11) is 3.51. The van der Waals surface area contributed by atoms with Crippen molar-refractivity contribution in [3.05, 3.63) is 77.4 Å². The lowest BCUT2D eigenvalue weighted by atomic mass is 10.2. The maximum absolute atomic E-state index is 13.4. The lowest BCUT2D eigenvalue weighted by Crippen LogP contribution is -2.50. The second kappa shape index (κ2) is 8.44. The first-order chi connectivity index (χ1) is 14.1. The molecule has 10 heteroatoms. The second-order valence-electron chi connectivity index (χ2n) is 6.54. The van der Waals surface area contributed by atoms with Crippen LogP contribution in [0.1, 0.15) is 15.9 Å². The van der Waals surface area contributed by atoms with Crippen LogP contribution in [0.4, 0.5) is 17.6 Å². The molecule has 0 bridgehead atoms. The summed E-state index contributed by atoms with van der Waals surface area (Å²) in [6.07, 6.45) is -2.75. The van der Waals surface area contributed by atoms with Crippen LogP contribution in [0.15, 0.2) is 65.4 Å².